The number of methoxy groups -OCH3 is 1. The molecule has 0 aromatic heterocycles. The third-order valence-electron chi connectivity index (χ3n) is 7.59. The summed E-state index contributed by atoms with van der Waals surface area (Å²) in [6.45, 7) is 4.80. The SMILES string of the molecule is CCCCN(CCCO)C(=O)CN1CC(c2cc(OC)c3c(c2)OCO3)C(C(=O)O)C1CCC1OCCO1. The number of rotatable bonds is 14. The van der Waals surface area contributed by atoms with Gasteiger partial charge in [-0.15, -0.1) is 0 Å². The van der Waals surface area contributed by atoms with Gasteiger partial charge in [-0.05, 0) is 43.4 Å². The van der Waals surface area contributed by atoms with Crippen LogP contribution in [0.3, 0.4) is 0 Å². The summed E-state index contributed by atoms with van der Waals surface area (Å²) in [5.74, 6) is -0.585. The number of unbranched alkanes of at least 4 members (excludes halogenated alkanes) is 1. The number of carbonyl (C=O) groups excluding carboxylic acids is 1. The zero-order chi connectivity index (χ0) is 27.1. The van der Waals surface area contributed by atoms with Crippen LogP contribution in [0.1, 0.15) is 50.5 Å². The van der Waals surface area contributed by atoms with E-state index in [1.807, 2.05) is 17.0 Å². The highest BCUT2D eigenvalue weighted by molar-refractivity contribution is 5.79. The van der Waals surface area contributed by atoms with Gasteiger partial charge in [0.25, 0.3) is 0 Å². The van der Waals surface area contributed by atoms with Gasteiger partial charge in [-0.25, -0.2) is 0 Å². The molecule has 1 amide bonds. The van der Waals surface area contributed by atoms with E-state index in [4.69, 9.17) is 23.7 Å². The van der Waals surface area contributed by atoms with E-state index in [9.17, 15) is 19.8 Å². The summed E-state index contributed by atoms with van der Waals surface area (Å²) in [7, 11) is 1.54. The van der Waals surface area contributed by atoms with Crippen molar-refractivity contribution in [1.82, 2.24) is 9.80 Å². The van der Waals surface area contributed by atoms with Gasteiger partial charge in [0.15, 0.2) is 17.8 Å². The first-order valence-electron chi connectivity index (χ1n) is 13.5. The van der Waals surface area contributed by atoms with E-state index in [0.717, 1.165) is 18.4 Å². The van der Waals surface area contributed by atoms with E-state index in [1.165, 1.54) is 7.11 Å². The molecule has 3 aliphatic heterocycles. The Morgan fingerprint density at radius 2 is 1.89 bits per heavy atom. The molecule has 4 rings (SSSR count). The zero-order valence-corrected chi connectivity index (χ0v) is 22.3. The van der Waals surface area contributed by atoms with Crippen LogP contribution < -0.4 is 14.2 Å². The van der Waals surface area contributed by atoms with Crippen LogP contribution in [-0.4, -0.2) is 104 Å². The van der Waals surface area contributed by atoms with Crippen molar-refractivity contribution in [3.8, 4) is 17.2 Å². The monoisotopic (exact) mass is 536 g/mol. The van der Waals surface area contributed by atoms with E-state index < -0.39 is 17.9 Å². The molecule has 11 nitrogen and oxygen atoms in total. The van der Waals surface area contributed by atoms with Gasteiger partial charge in [0, 0.05) is 38.2 Å². The van der Waals surface area contributed by atoms with Crippen LogP contribution in [-0.2, 0) is 19.1 Å². The average Bonchev–Trinajstić information content (AvgIpc) is 3.67. The zero-order valence-electron chi connectivity index (χ0n) is 22.3. The highest BCUT2D eigenvalue weighted by Gasteiger charge is 2.48. The summed E-state index contributed by atoms with van der Waals surface area (Å²) in [5, 5.41) is 19.7. The minimum absolute atomic E-state index is 0.0126. The number of amides is 1. The Labute approximate surface area is 223 Å². The lowest BCUT2D eigenvalue weighted by Crippen LogP contribution is -2.45. The normalized spacial score (nSPS) is 23.2. The van der Waals surface area contributed by atoms with Crippen molar-refractivity contribution in [3.63, 3.8) is 0 Å². The number of hydrogen-bond acceptors (Lipinski definition) is 9. The van der Waals surface area contributed by atoms with Gasteiger partial charge < -0.3 is 38.8 Å². The molecule has 1 aromatic carbocycles. The quantitative estimate of drug-likeness (QED) is 0.365. The fourth-order valence-electron chi connectivity index (χ4n) is 5.68. The van der Waals surface area contributed by atoms with Crippen LogP contribution >= 0.6 is 0 Å². The van der Waals surface area contributed by atoms with Crippen molar-refractivity contribution in [2.24, 2.45) is 5.92 Å². The lowest BCUT2D eigenvalue weighted by atomic mass is 9.83. The number of hydrogen-bond donors (Lipinski definition) is 2. The highest BCUT2D eigenvalue weighted by atomic mass is 16.7. The number of nitrogens with zero attached hydrogens (tertiary/aromatic N) is 2. The van der Waals surface area contributed by atoms with Crippen molar-refractivity contribution in [2.45, 2.75) is 57.3 Å². The minimum Gasteiger partial charge on any atom is -0.493 e. The molecule has 212 valence electrons. The molecule has 3 heterocycles. The first kappa shape index (κ1) is 28.4. The lowest BCUT2D eigenvalue weighted by molar-refractivity contribution is -0.144. The fraction of sp³-hybridized carbons (Fsp3) is 0.704. The number of fused-ring (bicyclic) bond motifs is 1. The number of aliphatic hydroxyl groups is 1. The number of carboxylic acids is 1. The molecule has 3 aliphatic rings. The van der Waals surface area contributed by atoms with Gasteiger partial charge in [0.2, 0.25) is 18.4 Å². The van der Waals surface area contributed by atoms with Gasteiger partial charge in [-0.3, -0.25) is 14.5 Å². The first-order valence-corrected chi connectivity index (χ1v) is 13.5. The van der Waals surface area contributed by atoms with E-state index in [1.54, 1.807) is 4.90 Å². The maximum absolute atomic E-state index is 13.4. The molecular weight excluding hydrogens is 496 g/mol. The largest absolute Gasteiger partial charge is 0.493 e. The van der Waals surface area contributed by atoms with Gasteiger partial charge in [0.05, 0.1) is 32.8 Å². The third kappa shape index (κ3) is 6.51. The molecule has 2 saturated heterocycles. The lowest BCUT2D eigenvalue weighted by Gasteiger charge is -2.30. The van der Waals surface area contributed by atoms with E-state index in [0.29, 0.717) is 69.4 Å². The van der Waals surface area contributed by atoms with Crippen LogP contribution in [0.5, 0.6) is 17.2 Å². The summed E-state index contributed by atoms with van der Waals surface area (Å²) in [6, 6.07) is 3.25. The van der Waals surface area contributed by atoms with Crippen LogP contribution in [0.2, 0.25) is 0 Å². The summed E-state index contributed by atoms with van der Waals surface area (Å²) >= 11 is 0. The van der Waals surface area contributed by atoms with Gasteiger partial charge in [0.1, 0.15) is 0 Å². The number of ether oxygens (including phenoxy) is 5. The van der Waals surface area contributed by atoms with Crippen molar-refractivity contribution in [3.05, 3.63) is 17.7 Å². The van der Waals surface area contributed by atoms with Crippen molar-refractivity contribution < 1.29 is 43.5 Å². The molecule has 2 N–H and O–H groups in total. The number of aliphatic carboxylic acids is 1. The summed E-state index contributed by atoms with van der Waals surface area (Å²) in [6.07, 6.45) is 3.02. The Morgan fingerprint density at radius 3 is 2.58 bits per heavy atom. The third-order valence-corrected chi connectivity index (χ3v) is 7.59. The standard InChI is InChI=1S/C27H40N2O9/c1-3-4-8-28(9-5-10-30)23(31)16-29-15-19(18-13-21(34-2)26-22(14-18)37-17-38-26)25(27(32)33)20(29)6-7-24-35-11-12-36-24/h13-14,19-20,24-25,30H,3-12,15-17H2,1-2H3,(H,32,33). The smallest absolute Gasteiger partial charge is 0.308 e. The Balaban J connectivity index is 1.60. The van der Waals surface area contributed by atoms with E-state index >= 15 is 0 Å². The Bertz CT molecular complexity index is 945. The van der Waals surface area contributed by atoms with Crippen LogP contribution in [0, 0.1) is 5.92 Å². The maximum Gasteiger partial charge on any atom is 0.308 e. The van der Waals surface area contributed by atoms with Crippen LogP contribution in [0.15, 0.2) is 12.1 Å². The van der Waals surface area contributed by atoms with Gasteiger partial charge >= 0.3 is 5.97 Å². The topological polar surface area (TPSA) is 127 Å². The number of carboxylic acid groups (broad SMARTS) is 1. The summed E-state index contributed by atoms with van der Waals surface area (Å²) < 4.78 is 27.9. The maximum atomic E-state index is 13.4. The predicted octanol–water partition coefficient (Wildman–Crippen LogP) is 2.06. The first-order chi connectivity index (χ1) is 18.5. The molecule has 11 heteroatoms. The van der Waals surface area contributed by atoms with E-state index in [-0.39, 0.29) is 38.1 Å². The molecule has 3 atom stereocenters. The second-order valence-electron chi connectivity index (χ2n) is 9.98. The number of carbonyl (C=O) groups is 2. The molecule has 0 aliphatic carbocycles. The molecule has 0 bridgehead atoms. The number of aliphatic hydroxyl groups excluding tert-OH is 1. The summed E-state index contributed by atoms with van der Waals surface area (Å²) in [5.41, 5.74) is 0.773. The molecule has 2 fully saturated rings. The molecule has 1 aromatic rings. The molecule has 0 spiro atoms. The predicted molar refractivity (Wildman–Crippen MR) is 136 cm³/mol. The Hall–Kier alpha value is -2.60. The van der Waals surface area contributed by atoms with Crippen molar-refractivity contribution >= 4 is 11.9 Å². The van der Waals surface area contributed by atoms with Crippen molar-refractivity contribution in [2.75, 3.05) is 59.9 Å². The number of benzene rings is 1. The second-order valence-corrected chi connectivity index (χ2v) is 9.98. The van der Waals surface area contributed by atoms with E-state index in [2.05, 4.69) is 6.92 Å². The van der Waals surface area contributed by atoms with Crippen molar-refractivity contribution in [1.29, 1.82) is 0 Å². The molecule has 0 saturated carbocycles. The Kier molecular flexibility index (Phi) is 10.1. The second kappa shape index (κ2) is 13.5. The summed E-state index contributed by atoms with van der Waals surface area (Å²) in [4.78, 5) is 29.9. The van der Waals surface area contributed by atoms with Crippen LogP contribution in [0.4, 0.5) is 0 Å². The number of likely N-dealkylation sites (tertiary alicyclic amines) is 1. The van der Waals surface area contributed by atoms with Gasteiger partial charge in [-0.2, -0.15) is 0 Å². The van der Waals surface area contributed by atoms with Crippen LogP contribution in [0.25, 0.3) is 0 Å². The molecule has 38 heavy (non-hydrogen) atoms. The molecular formula is C27H40N2O9. The van der Waals surface area contributed by atoms with Gasteiger partial charge in [-0.1, -0.05) is 13.3 Å². The fourth-order valence-corrected chi connectivity index (χ4v) is 5.68. The minimum atomic E-state index is -0.914. The Morgan fingerprint density at radius 1 is 1.13 bits per heavy atom. The molecule has 3 unspecified atom stereocenters. The average molecular weight is 537 g/mol. The molecule has 0 radical (unpaired) electrons. The highest BCUT2D eigenvalue weighted by Crippen LogP contribution is 2.47.